The summed E-state index contributed by atoms with van der Waals surface area (Å²) in [7, 11) is 0. The number of halogens is 1. The molecule has 76 valence electrons. The molecule has 0 saturated carbocycles. The third kappa shape index (κ3) is 4.19. The summed E-state index contributed by atoms with van der Waals surface area (Å²) >= 11 is 5.46. The predicted octanol–water partition coefficient (Wildman–Crippen LogP) is -3.55. The second-order valence-corrected chi connectivity index (χ2v) is 2.70. The molecular formula is C8H7ClNNaO4. The normalized spacial score (nSPS) is 8.33. The zero-order chi connectivity index (χ0) is 10.0. The van der Waals surface area contributed by atoms with Crippen LogP contribution in [0.25, 0.3) is 0 Å². The van der Waals surface area contributed by atoms with Gasteiger partial charge in [0, 0.05) is 16.1 Å². The summed E-state index contributed by atoms with van der Waals surface area (Å²) in [6.07, 6.45) is 0. The first-order chi connectivity index (χ1) is 6.02. The second-order valence-electron chi connectivity index (χ2n) is 2.26. The van der Waals surface area contributed by atoms with Crippen LogP contribution in [-0.4, -0.2) is 11.9 Å². The zero-order valence-electron chi connectivity index (χ0n) is 8.24. The van der Waals surface area contributed by atoms with Crippen molar-refractivity contribution in [3.8, 4) is 0 Å². The first-order valence-corrected chi connectivity index (χ1v) is 3.62. The van der Waals surface area contributed by atoms with Gasteiger partial charge in [-0.05, 0) is 12.1 Å². The molecule has 0 aliphatic carbocycles. The molecule has 0 fully saturated rings. The molecule has 5 nitrogen and oxygen atoms in total. The summed E-state index contributed by atoms with van der Waals surface area (Å²) in [6, 6.07) is 3.32. The molecule has 15 heavy (non-hydrogen) atoms. The molecule has 0 heterocycles. The van der Waals surface area contributed by atoms with E-state index in [1.165, 1.54) is 6.07 Å². The standard InChI is InChI=1S/C8H5ClO4.H3N.Na/c9-4-1-2-5(7(10)11)6(3-4)8(12)13;;/h1-3H,(H,10,11)(H,12,13);1H3;/q;;+1/p-1. The van der Waals surface area contributed by atoms with E-state index >= 15 is 0 Å². The Labute approximate surface area is 113 Å². The van der Waals surface area contributed by atoms with Gasteiger partial charge < -0.3 is 26.0 Å². The van der Waals surface area contributed by atoms with Crippen molar-refractivity contribution in [3.05, 3.63) is 34.3 Å². The summed E-state index contributed by atoms with van der Waals surface area (Å²) in [5.74, 6) is -3.17. The molecule has 0 aliphatic rings. The zero-order valence-corrected chi connectivity index (χ0v) is 11.0. The first-order valence-electron chi connectivity index (χ1n) is 3.24. The van der Waals surface area contributed by atoms with E-state index in [4.69, 9.17) is 11.6 Å². The van der Waals surface area contributed by atoms with E-state index in [1.54, 1.807) is 0 Å². The Hall–Kier alpha value is -0.590. The molecule has 0 spiro atoms. The van der Waals surface area contributed by atoms with Crippen LogP contribution in [0.15, 0.2) is 18.2 Å². The molecule has 1 aromatic rings. The monoisotopic (exact) mass is 239 g/mol. The predicted molar refractivity (Wildman–Crippen MR) is 46.1 cm³/mol. The molecule has 0 radical (unpaired) electrons. The van der Waals surface area contributed by atoms with E-state index in [0.717, 1.165) is 12.1 Å². The van der Waals surface area contributed by atoms with Gasteiger partial charge >= 0.3 is 29.6 Å². The van der Waals surface area contributed by atoms with E-state index < -0.39 is 23.1 Å². The average molecular weight is 240 g/mol. The fourth-order valence-electron chi connectivity index (χ4n) is 0.863. The van der Waals surface area contributed by atoms with Crippen molar-refractivity contribution in [2.75, 3.05) is 0 Å². The maximum Gasteiger partial charge on any atom is 1.00 e. The quantitative estimate of drug-likeness (QED) is 0.538. The topological polar surface area (TPSA) is 117 Å². The molecule has 0 aliphatic heterocycles. The number of rotatable bonds is 2. The van der Waals surface area contributed by atoms with Crippen molar-refractivity contribution in [2.45, 2.75) is 0 Å². The third-order valence-corrected chi connectivity index (χ3v) is 1.66. The van der Waals surface area contributed by atoms with Crippen molar-refractivity contribution in [2.24, 2.45) is 0 Å². The number of carbonyl (C=O) groups is 2. The van der Waals surface area contributed by atoms with Gasteiger partial charge in [0.1, 0.15) is 0 Å². The van der Waals surface area contributed by atoms with Crippen LogP contribution in [0.5, 0.6) is 0 Å². The van der Waals surface area contributed by atoms with Crippen molar-refractivity contribution >= 4 is 23.5 Å². The van der Waals surface area contributed by atoms with Gasteiger partial charge in [-0.15, -0.1) is 0 Å². The van der Waals surface area contributed by atoms with Gasteiger partial charge in [0.05, 0.1) is 11.9 Å². The fraction of sp³-hybridized carbons (Fsp3) is 0. The Balaban J connectivity index is 0. The Bertz CT molecular complexity index is 383. The SMILES string of the molecule is O=C([O-])c1ccc(Cl)cc1C(=O)[O-].[NH4+].[Na+]. The van der Waals surface area contributed by atoms with Gasteiger partial charge in [-0.25, -0.2) is 0 Å². The maximum absolute atomic E-state index is 10.4. The fourth-order valence-corrected chi connectivity index (χ4v) is 1.04. The van der Waals surface area contributed by atoms with Crippen LogP contribution in [0.3, 0.4) is 0 Å². The summed E-state index contributed by atoms with van der Waals surface area (Å²) in [5.41, 5.74) is -0.920. The molecule has 0 bridgehead atoms. The largest absolute Gasteiger partial charge is 1.00 e. The molecule has 4 N–H and O–H groups in total. The van der Waals surface area contributed by atoms with Gasteiger partial charge in [-0.1, -0.05) is 17.7 Å². The van der Waals surface area contributed by atoms with Crippen LogP contribution < -0.4 is 45.9 Å². The van der Waals surface area contributed by atoms with Gasteiger partial charge in [0.15, 0.2) is 0 Å². The number of hydrogen-bond acceptors (Lipinski definition) is 4. The summed E-state index contributed by atoms with van der Waals surface area (Å²) in [4.78, 5) is 20.8. The molecule has 0 atom stereocenters. The average Bonchev–Trinajstić information content (AvgIpc) is 2.03. The molecule has 0 aromatic heterocycles. The number of hydrogen-bond donors (Lipinski definition) is 1. The minimum atomic E-state index is -1.60. The molecule has 1 rings (SSSR count). The summed E-state index contributed by atoms with van der Waals surface area (Å²) in [6.45, 7) is 0. The molecule has 1 aromatic carbocycles. The molecule has 0 saturated heterocycles. The number of benzene rings is 1. The Kier molecular flexibility index (Phi) is 7.64. The second kappa shape index (κ2) is 6.81. The number of quaternary nitrogens is 1. The van der Waals surface area contributed by atoms with E-state index in [-0.39, 0.29) is 40.7 Å². The van der Waals surface area contributed by atoms with Crippen LogP contribution in [0, 0.1) is 0 Å². The molecular weight excluding hydrogens is 233 g/mol. The van der Waals surface area contributed by atoms with Gasteiger partial charge in [-0.3, -0.25) is 0 Å². The van der Waals surface area contributed by atoms with Crippen LogP contribution >= 0.6 is 11.6 Å². The minimum absolute atomic E-state index is 0. The van der Waals surface area contributed by atoms with Gasteiger partial charge in [0.25, 0.3) is 0 Å². The molecule has 0 amide bonds. The van der Waals surface area contributed by atoms with Crippen molar-refractivity contribution in [3.63, 3.8) is 0 Å². The van der Waals surface area contributed by atoms with Crippen molar-refractivity contribution < 1.29 is 49.4 Å². The van der Waals surface area contributed by atoms with Crippen molar-refractivity contribution in [1.82, 2.24) is 6.15 Å². The first kappa shape index (κ1) is 16.8. The number of carbonyl (C=O) groups excluding carboxylic acids is 2. The van der Waals surface area contributed by atoms with E-state index in [0.29, 0.717) is 0 Å². The van der Waals surface area contributed by atoms with E-state index in [2.05, 4.69) is 0 Å². The molecule has 7 heteroatoms. The minimum Gasteiger partial charge on any atom is -0.545 e. The maximum atomic E-state index is 10.4. The Morgan fingerprint density at radius 2 is 1.53 bits per heavy atom. The third-order valence-electron chi connectivity index (χ3n) is 1.42. The van der Waals surface area contributed by atoms with Crippen LogP contribution in [0.1, 0.15) is 20.7 Å². The Morgan fingerprint density at radius 3 is 1.93 bits per heavy atom. The number of aromatic carboxylic acids is 2. The molecule has 0 unspecified atom stereocenters. The van der Waals surface area contributed by atoms with Crippen LogP contribution in [0.2, 0.25) is 5.02 Å². The number of carboxylic acid groups (broad SMARTS) is 2. The van der Waals surface area contributed by atoms with Crippen molar-refractivity contribution in [1.29, 1.82) is 0 Å². The van der Waals surface area contributed by atoms with Crippen LogP contribution in [0.4, 0.5) is 0 Å². The smallest absolute Gasteiger partial charge is 0.545 e. The number of carboxylic acids is 2. The Morgan fingerprint density at radius 1 is 1.07 bits per heavy atom. The van der Waals surface area contributed by atoms with Gasteiger partial charge in [-0.2, -0.15) is 0 Å². The summed E-state index contributed by atoms with van der Waals surface area (Å²) in [5, 5.41) is 20.9. The summed E-state index contributed by atoms with van der Waals surface area (Å²) < 4.78 is 0. The van der Waals surface area contributed by atoms with Gasteiger partial charge in [0.2, 0.25) is 0 Å². The van der Waals surface area contributed by atoms with E-state index in [1.807, 2.05) is 0 Å². The van der Waals surface area contributed by atoms with E-state index in [9.17, 15) is 19.8 Å². The van der Waals surface area contributed by atoms with Crippen LogP contribution in [-0.2, 0) is 0 Å².